The van der Waals surface area contributed by atoms with Crippen LogP contribution in [0.25, 0.3) is 23.2 Å². The first-order valence-electron chi connectivity index (χ1n) is 8.57. The van der Waals surface area contributed by atoms with Crippen LogP contribution in [0, 0.1) is 0 Å². The predicted molar refractivity (Wildman–Crippen MR) is 109 cm³/mol. The van der Waals surface area contributed by atoms with Crippen LogP contribution >= 0.6 is 11.8 Å². The molecule has 29 heavy (non-hydrogen) atoms. The molecule has 8 nitrogen and oxygen atoms in total. The molecule has 146 valence electrons. The van der Waals surface area contributed by atoms with Gasteiger partial charge in [-0.15, -0.1) is 0 Å². The van der Waals surface area contributed by atoms with Gasteiger partial charge in [0.1, 0.15) is 17.2 Å². The Balaban J connectivity index is 1.88. The molecule has 1 aromatic carbocycles. The molecule has 1 aliphatic rings. The molecular formula is C20H16N4O4S. The molecule has 2 amide bonds. The molecule has 0 saturated carbocycles. The maximum absolute atomic E-state index is 12.0. The standard InChI is InChI=1S/C20H16N4O4S/c1-27-14-7-12(8-15(10-14)28-2)18-13(9-16-19(25)22-20(26)29-16)11-24(23-18)17-5-3-4-6-21-17/h3-11H,1-2H3,(H,22,25,26)/b16-9-. The van der Waals surface area contributed by atoms with Crippen molar-refractivity contribution in [3.8, 4) is 28.6 Å². The lowest BCUT2D eigenvalue weighted by atomic mass is 10.1. The van der Waals surface area contributed by atoms with E-state index in [0.717, 1.165) is 17.3 Å². The summed E-state index contributed by atoms with van der Waals surface area (Å²) >= 11 is 0.852. The summed E-state index contributed by atoms with van der Waals surface area (Å²) in [5.41, 5.74) is 1.98. The van der Waals surface area contributed by atoms with E-state index in [0.29, 0.717) is 33.5 Å². The summed E-state index contributed by atoms with van der Waals surface area (Å²) in [5.74, 6) is 1.40. The Morgan fingerprint density at radius 2 is 1.86 bits per heavy atom. The molecule has 0 atom stereocenters. The molecule has 3 aromatic rings. The molecule has 2 aromatic heterocycles. The van der Waals surface area contributed by atoms with E-state index in [1.165, 1.54) is 0 Å². The second kappa shape index (κ2) is 7.80. The fourth-order valence-corrected chi connectivity index (χ4v) is 3.50. The number of carbonyl (C=O) groups is 2. The number of aromatic nitrogens is 3. The lowest BCUT2D eigenvalue weighted by molar-refractivity contribution is -0.115. The topological polar surface area (TPSA) is 95.3 Å². The fourth-order valence-electron chi connectivity index (χ4n) is 2.83. The van der Waals surface area contributed by atoms with Gasteiger partial charge >= 0.3 is 0 Å². The summed E-state index contributed by atoms with van der Waals surface area (Å²) in [7, 11) is 3.14. The Morgan fingerprint density at radius 1 is 1.10 bits per heavy atom. The summed E-state index contributed by atoms with van der Waals surface area (Å²) in [4.78, 5) is 28.2. The molecule has 1 fully saturated rings. The molecule has 0 radical (unpaired) electrons. The molecule has 0 unspecified atom stereocenters. The quantitative estimate of drug-likeness (QED) is 0.647. The maximum Gasteiger partial charge on any atom is 0.290 e. The Bertz CT molecular complexity index is 1100. The van der Waals surface area contributed by atoms with Crippen LogP contribution in [-0.4, -0.2) is 40.1 Å². The minimum Gasteiger partial charge on any atom is -0.497 e. The highest BCUT2D eigenvalue weighted by molar-refractivity contribution is 8.18. The molecule has 4 rings (SSSR count). The zero-order valence-corrected chi connectivity index (χ0v) is 16.4. The largest absolute Gasteiger partial charge is 0.497 e. The first kappa shape index (κ1) is 18.8. The number of methoxy groups -OCH3 is 2. The molecule has 1 saturated heterocycles. The lowest BCUT2D eigenvalue weighted by Gasteiger charge is -2.07. The number of carbonyl (C=O) groups excluding carboxylic acids is 2. The average molecular weight is 408 g/mol. The van der Waals surface area contributed by atoms with Gasteiger partial charge in [-0.05, 0) is 42.1 Å². The average Bonchev–Trinajstić information content (AvgIpc) is 3.31. The molecule has 0 aliphatic carbocycles. The van der Waals surface area contributed by atoms with Gasteiger partial charge in [-0.2, -0.15) is 5.10 Å². The zero-order chi connectivity index (χ0) is 20.4. The van der Waals surface area contributed by atoms with Gasteiger partial charge in [0.05, 0.1) is 19.1 Å². The van der Waals surface area contributed by atoms with E-state index in [2.05, 4.69) is 15.4 Å². The summed E-state index contributed by atoms with van der Waals surface area (Å²) in [6.07, 6.45) is 5.06. The van der Waals surface area contributed by atoms with Crippen molar-refractivity contribution >= 4 is 29.0 Å². The Labute approximate surface area is 170 Å². The number of nitrogens with one attached hydrogen (secondary N) is 1. The normalized spacial score (nSPS) is 14.9. The SMILES string of the molecule is COc1cc(OC)cc(-c2nn(-c3ccccn3)cc2/C=C2\SC(=O)NC2=O)c1. The smallest absolute Gasteiger partial charge is 0.290 e. The number of ether oxygens (including phenoxy) is 2. The molecule has 1 N–H and O–H groups in total. The number of thioether (sulfide) groups is 1. The Kier molecular flexibility index (Phi) is 5.05. The van der Waals surface area contributed by atoms with Gasteiger partial charge in [-0.25, -0.2) is 9.67 Å². The third kappa shape index (κ3) is 3.85. The van der Waals surface area contributed by atoms with Crippen molar-refractivity contribution in [3.63, 3.8) is 0 Å². The first-order valence-corrected chi connectivity index (χ1v) is 9.38. The number of benzene rings is 1. The fraction of sp³-hybridized carbons (Fsp3) is 0.100. The number of pyridine rings is 1. The van der Waals surface area contributed by atoms with Crippen LogP contribution in [0.2, 0.25) is 0 Å². The second-order valence-electron chi connectivity index (χ2n) is 6.02. The monoisotopic (exact) mass is 408 g/mol. The van der Waals surface area contributed by atoms with Crippen LogP contribution in [0.3, 0.4) is 0 Å². The molecular weight excluding hydrogens is 392 g/mol. The third-order valence-electron chi connectivity index (χ3n) is 4.18. The molecule has 0 spiro atoms. The van der Waals surface area contributed by atoms with Crippen LogP contribution in [0.15, 0.2) is 53.7 Å². The van der Waals surface area contributed by atoms with Gasteiger partial charge in [0.15, 0.2) is 5.82 Å². The van der Waals surface area contributed by atoms with E-state index in [1.54, 1.807) is 43.4 Å². The summed E-state index contributed by atoms with van der Waals surface area (Å²) in [6, 6.07) is 10.9. The van der Waals surface area contributed by atoms with Crippen molar-refractivity contribution < 1.29 is 19.1 Å². The van der Waals surface area contributed by atoms with Crippen molar-refractivity contribution in [1.82, 2.24) is 20.1 Å². The van der Waals surface area contributed by atoms with Gasteiger partial charge in [0, 0.05) is 29.6 Å². The van der Waals surface area contributed by atoms with E-state index in [1.807, 2.05) is 30.3 Å². The summed E-state index contributed by atoms with van der Waals surface area (Å²) < 4.78 is 12.3. The van der Waals surface area contributed by atoms with Crippen LogP contribution < -0.4 is 14.8 Å². The van der Waals surface area contributed by atoms with Crippen LogP contribution in [0.5, 0.6) is 11.5 Å². The zero-order valence-electron chi connectivity index (χ0n) is 15.6. The molecule has 3 heterocycles. The van der Waals surface area contributed by atoms with Crippen LogP contribution in [0.1, 0.15) is 5.56 Å². The Hall–Kier alpha value is -3.59. The van der Waals surface area contributed by atoms with Crippen LogP contribution in [0.4, 0.5) is 4.79 Å². The number of imide groups is 1. The molecule has 0 bridgehead atoms. The van der Waals surface area contributed by atoms with Crippen molar-refractivity contribution in [2.24, 2.45) is 0 Å². The summed E-state index contributed by atoms with van der Waals surface area (Å²) in [6.45, 7) is 0. The van der Waals surface area contributed by atoms with E-state index in [9.17, 15) is 9.59 Å². The highest BCUT2D eigenvalue weighted by atomic mass is 32.2. The summed E-state index contributed by atoms with van der Waals surface area (Å²) in [5, 5.41) is 6.52. The van der Waals surface area contributed by atoms with Gasteiger partial charge < -0.3 is 9.47 Å². The van der Waals surface area contributed by atoms with Gasteiger partial charge in [-0.1, -0.05) is 6.07 Å². The highest BCUT2D eigenvalue weighted by Gasteiger charge is 2.26. The maximum atomic E-state index is 12.0. The molecule has 1 aliphatic heterocycles. The van der Waals surface area contributed by atoms with Gasteiger partial charge in [-0.3, -0.25) is 14.9 Å². The minimum absolute atomic E-state index is 0.298. The van der Waals surface area contributed by atoms with E-state index in [4.69, 9.17) is 9.47 Å². The number of nitrogens with zero attached hydrogens (tertiary/aromatic N) is 3. The third-order valence-corrected chi connectivity index (χ3v) is 4.99. The van der Waals surface area contributed by atoms with Crippen molar-refractivity contribution in [3.05, 3.63) is 59.3 Å². The van der Waals surface area contributed by atoms with E-state index >= 15 is 0 Å². The predicted octanol–water partition coefficient (Wildman–Crippen LogP) is 3.28. The highest BCUT2D eigenvalue weighted by Crippen LogP contribution is 2.34. The molecule has 9 heteroatoms. The number of hydrogen-bond donors (Lipinski definition) is 1. The van der Waals surface area contributed by atoms with Crippen LogP contribution in [-0.2, 0) is 4.79 Å². The first-order chi connectivity index (χ1) is 14.1. The van der Waals surface area contributed by atoms with E-state index < -0.39 is 11.1 Å². The van der Waals surface area contributed by atoms with Crippen molar-refractivity contribution in [1.29, 1.82) is 0 Å². The van der Waals surface area contributed by atoms with Crippen molar-refractivity contribution in [2.45, 2.75) is 0 Å². The second-order valence-corrected chi connectivity index (χ2v) is 7.03. The number of rotatable bonds is 5. The lowest BCUT2D eigenvalue weighted by Crippen LogP contribution is -2.17. The number of hydrogen-bond acceptors (Lipinski definition) is 7. The Morgan fingerprint density at radius 3 is 2.45 bits per heavy atom. The van der Waals surface area contributed by atoms with Gasteiger partial charge in [0.2, 0.25) is 0 Å². The van der Waals surface area contributed by atoms with Crippen molar-refractivity contribution in [2.75, 3.05) is 14.2 Å². The van der Waals surface area contributed by atoms with Gasteiger partial charge in [0.25, 0.3) is 11.1 Å². The minimum atomic E-state index is -0.431. The van der Waals surface area contributed by atoms with E-state index in [-0.39, 0.29) is 0 Å². The number of amides is 2.